The zero-order valence-corrected chi connectivity index (χ0v) is 15.7. The first-order valence-electron chi connectivity index (χ1n) is 8.97. The molecule has 0 atom stereocenters. The molecule has 3 aromatic rings. The monoisotopic (exact) mass is 408 g/mol. The Morgan fingerprint density at radius 2 is 1.97 bits per heavy atom. The van der Waals surface area contributed by atoms with Gasteiger partial charge in [-0.25, -0.2) is 9.07 Å². The molecule has 10 heteroatoms. The van der Waals surface area contributed by atoms with Crippen molar-refractivity contribution < 1.29 is 14.1 Å². The van der Waals surface area contributed by atoms with Crippen LogP contribution in [0.1, 0.15) is 28.0 Å². The molecular weight excluding hydrogens is 391 g/mol. The van der Waals surface area contributed by atoms with Gasteiger partial charge in [0.1, 0.15) is 28.8 Å². The van der Waals surface area contributed by atoms with Crippen LogP contribution in [0, 0.1) is 27.3 Å². The van der Waals surface area contributed by atoms with E-state index < -0.39 is 16.6 Å². The molecule has 0 unspecified atom stereocenters. The molecule has 9 nitrogen and oxygen atoms in total. The van der Waals surface area contributed by atoms with Crippen LogP contribution in [-0.2, 0) is 6.42 Å². The molecule has 0 saturated carbocycles. The van der Waals surface area contributed by atoms with E-state index in [9.17, 15) is 24.6 Å². The van der Waals surface area contributed by atoms with Gasteiger partial charge in [0.05, 0.1) is 16.3 Å². The first kappa shape index (κ1) is 20.5. The van der Waals surface area contributed by atoms with Gasteiger partial charge >= 0.3 is 0 Å². The molecular formula is C20H17FN6O3. The number of carbonyl (C=O) groups is 1. The van der Waals surface area contributed by atoms with E-state index in [1.165, 1.54) is 47.1 Å². The van der Waals surface area contributed by atoms with E-state index in [-0.39, 0.29) is 29.2 Å². The molecule has 2 aromatic carbocycles. The summed E-state index contributed by atoms with van der Waals surface area (Å²) in [6.07, 6.45) is 0.777. The summed E-state index contributed by atoms with van der Waals surface area (Å²) >= 11 is 0. The lowest BCUT2D eigenvalue weighted by molar-refractivity contribution is -0.385. The van der Waals surface area contributed by atoms with Crippen molar-refractivity contribution in [2.45, 2.75) is 12.8 Å². The smallest absolute Gasteiger partial charge is 0.282 e. The predicted molar refractivity (Wildman–Crippen MR) is 106 cm³/mol. The molecule has 1 heterocycles. The van der Waals surface area contributed by atoms with Crippen LogP contribution in [0.3, 0.4) is 0 Å². The van der Waals surface area contributed by atoms with Crippen LogP contribution in [0.2, 0.25) is 0 Å². The van der Waals surface area contributed by atoms with Crippen LogP contribution < -0.4 is 11.1 Å². The summed E-state index contributed by atoms with van der Waals surface area (Å²) in [4.78, 5) is 22.7. The average molecular weight is 408 g/mol. The zero-order chi connectivity index (χ0) is 21.7. The molecule has 0 radical (unpaired) electrons. The van der Waals surface area contributed by atoms with Gasteiger partial charge in [-0.05, 0) is 43.2 Å². The van der Waals surface area contributed by atoms with Gasteiger partial charge in [-0.2, -0.15) is 10.4 Å². The summed E-state index contributed by atoms with van der Waals surface area (Å²) in [7, 11) is 0. The van der Waals surface area contributed by atoms with E-state index in [1.54, 1.807) is 6.07 Å². The standard InChI is InChI=1S/C20H17FN6O3/c21-13-7-9-14(10-8-13)26-19(23)16(12-22)17(25-26)5-3-11-24-20(28)15-4-1-2-6-18(15)27(29)30/h1-2,4,6-10H,3,5,11,23H2,(H,24,28). The highest BCUT2D eigenvalue weighted by Gasteiger charge is 2.19. The van der Waals surface area contributed by atoms with Crippen molar-refractivity contribution >= 4 is 17.4 Å². The molecule has 30 heavy (non-hydrogen) atoms. The number of aromatic nitrogens is 2. The first-order valence-corrected chi connectivity index (χ1v) is 8.97. The summed E-state index contributed by atoms with van der Waals surface area (Å²) in [5.41, 5.74) is 6.89. The Hall–Kier alpha value is -4.26. The van der Waals surface area contributed by atoms with Crippen LogP contribution in [0.25, 0.3) is 5.69 Å². The lowest BCUT2D eigenvalue weighted by atomic mass is 10.1. The Labute approximate surface area is 170 Å². The maximum atomic E-state index is 13.1. The second-order valence-corrected chi connectivity index (χ2v) is 6.34. The van der Waals surface area contributed by atoms with E-state index in [1.807, 2.05) is 6.07 Å². The number of carbonyl (C=O) groups excluding carboxylic acids is 1. The highest BCUT2D eigenvalue weighted by Crippen LogP contribution is 2.22. The summed E-state index contributed by atoms with van der Waals surface area (Å²) in [6, 6.07) is 13.2. The summed E-state index contributed by atoms with van der Waals surface area (Å²) in [5.74, 6) is -0.818. The second kappa shape index (κ2) is 8.83. The SMILES string of the molecule is N#Cc1c(CCCNC(=O)c2ccccc2[N+](=O)[O-])nn(-c2ccc(F)cc2)c1N. The molecule has 1 amide bonds. The fraction of sp³-hybridized carbons (Fsp3) is 0.150. The van der Waals surface area contributed by atoms with Crippen LogP contribution in [0.5, 0.6) is 0 Å². The van der Waals surface area contributed by atoms with Gasteiger partial charge in [0.25, 0.3) is 11.6 Å². The lowest BCUT2D eigenvalue weighted by Gasteiger charge is -2.05. The number of nitro benzene ring substituents is 1. The maximum Gasteiger partial charge on any atom is 0.282 e. The number of nitriles is 1. The van der Waals surface area contributed by atoms with Crippen LogP contribution >= 0.6 is 0 Å². The zero-order valence-electron chi connectivity index (χ0n) is 15.7. The fourth-order valence-corrected chi connectivity index (χ4v) is 2.93. The Morgan fingerprint density at radius 1 is 1.27 bits per heavy atom. The first-order chi connectivity index (χ1) is 14.4. The van der Waals surface area contributed by atoms with Crippen molar-refractivity contribution in [3.05, 3.63) is 81.3 Å². The van der Waals surface area contributed by atoms with Gasteiger partial charge in [0.2, 0.25) is 0 Å². The van der Waals surface area contributed by atoms with Crippen molar-refractivity contribution in [3.63, 3.8) is 0 Å². The van der Waals surface area contributed by atoms with Gasteiger partial charge in [0, 0.05) is 12.6 Å². The third-order valence-corrected chi connectivity index (χ3v) is 4.40. The number of hydrogen-bond acceptors (Lipinski definition) is 6. The number of amides is 1. The number of para-hydroxylation sites is 1. The Balaban J connectivity index is 1.66. The molecule has 152 valence electrons. The van der Waals surface area contributed by atoms with E-state index in [4.69, 9.17) is 5.73 Å². The Bertz CT molecular complexity index is 1130. The number of nitrogens with zero attached hydrogens (tertiary/aromatic N) is 4. The van der Waals surface area contributed by atoms with E-state index in [0.29, 0.717) is 24.2 Å². The molecule has 0 spiro atoms. The van der Waals surface area contributed by atoms with Gasteiger partial charge in [-0.15, -0.1) is 0 Å². The van der Waals surface area contributed by atoms with Gasteiger partial charge < -0.3 is 11.1 Å². The van der Waals surface area contributed by atoms with E-state index in [2.05, 4.69) is 10.4 Å². The van der Waals surface area contributed by atoms with Crippen molar-refractivity contribution in [2.75, 3.05) is 12.3 Å². The minimum atomic E-state index is -0.612. The summed E-state index contributed by atoms with van der Waals surface area (Å²) in [5, 5.41) is 27.4. The summed E-state index contributed by atoms with van der Waals surface area (Å²) in [6.45, 7) is 0.221. The van der Waals surface area contributed by atoms with Gasteiger partial charge in [0.15, 0.2) is 0 Å². The molecule has 3 N–H and O–H groups in total. The molecule has 0 bridgehead atoms. The number of nitro groups is 1. The quantitative estimate of drug-likeness (QED) is 0.350. The predicted octanol–water partition coefficient (Wildman–Crippen LogP) is 2.74. The number of nitrogens with one attached hydrogen (secondary N) is 1. The molecule has 0 aliphatic rings. The maximum absolute atomic E-state index is 13.1. The number of nitrogens with two attached hydrogens (primary N) is 1. The van der Waals surface area contributed by atoms with Crippen LogP contribution in [-0.4, -0.2) is 27.2 Å². The second-order valence-electron chi connectivity index (χ2n) is 6.34. The van der Waals surface area contributed by atoms with Crippen molar-refractivity contribution in [1.29, 1.82) is 5.26 Å². The number of aryl methyl sites for hydroxylation is 1. The van der Waals surface area contributed by atoms with Gasteiger partial charge in [-0.1, -0.05) is 12.1 Å². The molecule has 0 fully saturated rings. The summed E-state index contributed by atoms with van der Waals surface area (Å²) < 4.78 is 14.5. The lowest BCUT2D eigenvalue weighted by Crippen LogP contribution is -2.25. The third-order valence-electron chi connectivity index (χ3n) is 4.40. The number of anilines is 1. The third kappa shape index (κ3) is 4.25. The number of hydrogen-bond donors (Lipinski definition) is 2. The molecule has 0 aliphatic carbocycles. The van der Waals surface area contributed by atoms with E-state index in [0.717, 1.165) is 0 Å². The molecule has 3 rings (SSSR count). The van der Waals surface area contributed by atoms with Gasteiger partial charge in [-0.3, -0.25) is 14.9 Å². The normalized spacial score (nSPS) is 10.4. The number of benzene rings is 2. The van der Waals surface area contributed by atoms with Crippen molar-refractivity contribution in [2.24, 2.45) is 0 Å². The Morgan fingerprint density at radius 3 is 2.63 bits per heavy atom. The van der Waals surface area contributed by atoms with Crippen LogP contribution in [0.15, 0.2) is 48.5 Å². The van der Waals surface area contributed by atoms with Crippen molar-refractivity contribution in [3.8, 4) is 11.8 Å². The molecule has 1 aromatic heterocycles. The highest BCUT2D eigenvalue weighted by molar-refractivity contribution is 5.98. The average Bonchev–Trinajstić information content (AvgIpc) is 3.06. The fourth-order valence-electron chi connectivity index (χ4n) is 2.93. The minimum absolute atomic E-state index is 0.0231. The number of halogens is 1. The number of rotatable bonds is 7. The van der Waals surface area contributed by atoms with Crippen LogP contribution in [0.4, 0.5) is 15.9 Å². The van der Waals surface area contributed by atoms with E-state index >= 15 is 0 Å². The van der Waals surface area contributed by atoms with Crippen molar-refractivity contribution in [1.82, 2.24) is 15.1 Å². The Kier molecular flexibility index (Phi) is 6.03. The highest BCUT2D eigenvalue weighted by atomic mass is 19.1. The topological polar surface area (TPSA) is 140 Å². The number of nitrogen functional groups attached to an aromatic ring is 1. The molecule has 0 saturated heterocycles. The minimum Gasteiger partial charge on any atom is -0.382 e. The molecule has 0 aliphatic heterocycles. The largest absolute Gasteiger partial charge is 0.382 e.